The number of hydrogen-bond acceptors (Lipinski definition) is 3. The number of thioether (sulfide) groups is 1. The van der Waals surface area contributed by atoms with E-state index in [0.717, 1.165) is 10.5 Å². The van der Waals surface area contributed by atoms with Crippen molar-refractivity contribution in [3.05, 3.63) is 65.7 Å². The number of rotatable bonds is 6. The molecule has 0 unspecified atom stereocenters. The van der Waals surface area contributed by atoms with E-state index in [0.29, 0.717) is 0 Å². The maximum atomic E-state index is 11.8. The van der Waals surface area contributed by atoms with E-state index >= 15 is 0 Å². The number of benzene rings is 2. The number of aliphatic hydroxyl groups is 1. The lowest BCUT2D eigenvalue weighted by molar-refractivity contribution is -0.121. The fourth-order valence-electron chi connectivity index (χ4n) is 2.16. The van der Waals surface area contributed by atoms with Crippen molar-refractivity contribution in [2.75, 3.05) is 7.05 Å². The van der Waals surface area contributed by atoms with Gasteiger partial charge in [-0.25, -0.2) is 0 Å². The molecular formula is C18H21NO2S. The highest BCUT2D eigenvalue weighted by Gasteiger charge is 2.24. The van der Waals surface area contributed by atoms with Gasteiger partial charge in [0.1, 0.15) is 0 Å². The number of carbonyl (C=O) groups is 1. The molecular weight excluding hydrogens is 294 g/mol. The molecule has 116 valence electrons. The van der Waals surface area contributed by atoms with Crippen LogP contribution in [0.2, 0.25) is 0 Å². The summed E-state index contributed by atoms with van der Waals surface area (Å²) >= 11 is 1.53. The molecule has 0 bridgehead atoms. The second kappa shape index (κ2) is 8.01. The average Bonchev–Trinajstić information content (AvgIpc) is 2.56. The predicted molar refractivity (Wildman–Crippen MR) is 90.9 cm³/mol. The van der Waals surface area contributed by atoms with Gasteiger partial charge in [0, 0.05) is 23.6 Å². The number of aryl methyl sites for hydroxylation is 1. The Balaban J connectivity index is 2.18. The normalized spacial score (nSPS) is 13.4. The van der Waals surface area contributed by atoms with Gasteiger partial charge in [-0.15, -0.1) is 11.8 Å². The molecule has 22 heavy (non-hydrogen) atoms. The molecule has 0 aliphatic heterocycles. The van der Waals surface area contributed by atoms with Crippen LogP contribution >= 0.6 is 11.8 Å². The molecule has 0 heterocycles. The van der Waals surface area contributed by atoms with E-state index in [1.165, 1.54) is 17.3 Å². The SMILES string of the molecule is CNC(=O)C[C@@H](Sc1ccc(C)cc1)[C@@H](O)c1ccccc1. The second-order valence-corrected chi connectivity index (χ2v) is 6.51. The van der Waals surface area contributed by atoms with Crippen LogP contribution in [0.3, 0.4) is 0 Å². The van der Waals surface area contributed by atoms with Gasteiger partial charge in [-0.2, -0.15) is 0 Å². The Kier molecular flexibility index (Phi) is 6.04. The van der Waals surface area contributed by atoms with Crippen molar-refractivity contribution >= 4 is 17.7 Å². The molecule has 2 rings (SSSR count). The molecule has 2 N–H and O–H groups in total. The van der Waals surface area contributed by atoms with Crippen LogP contribution in [0.15, 0.2) is 59.5 Å². The summed E-state index contributed by atoms with van der Waals surface area (Å²) in [6.07, 6.45) is -0.421. The monoisotopic (exact) mass is 315 g/mol. The second-order valence-electron chi connectivity index (χ2n) is 5.20. The first kappa shape index (κ1) is 16.6. The van der Waals surface area contributed by atoms with Gasteiger partial charge in [0.2, 0.25) is 5.91 Å². The van der Waals surface area contributed by atoms with Crippen LogP contribution in [0.1, 0.15) is 23.7 Å². The Hall–Kier alpha value is -1.78. The third-order valence-corrected chi connectivity index (χ3v) is 4.74. The van der Waals surface area contributed by atoms with E-state index in [1.807, 2.05) is 61.5 Å². The Morgan fingerprint density at radius 3 is 2.36 bits per heavy atom. The highest BCUT2D eigenvalue weighted by molar-refractivity contribution is 8.00. The standard InChI is InChI=1S/C18H21NO2S/c1-13-8-10-15(11-9-13)22-16(12-17(20)19-2)18(21)14-6-4-3-5-7-14/h3-11,16,18,21H,12H2,1-2H3,(H,19,20)/t16-,18+/m1/s1. The van der Waals surface area contributed by atoms with E-state index in [4.69, 9.17) is 0 Å². The summed E-state index contributed by atoms with van der Waals surface area (Å²) in [6, 6.07) is 17.6. The molecule has 4 heteroatoms. The van der Waals surface area contributed by atoms with Crippen molar-refractivity contribution in [3.8, 4) is 0 Å². The predicted octanol–water partition coefficient (Wildman–Crippen LogP) is 3.33. The lowest BCUT2D eigenvalue weighted by Gasteiger charge is -2.22. The van der Waals surface area contributed by atoms with Crippen LogP contribution in [-0.2, 0) is 4.79 Å². The summed E-state index contributed by atoms with van der Waals surface area (Å²) in [6.45, 7) is 2.04. The number of hydrogen-bond donors (Lipinski definition) is 2. The maximum Gasteiger partial charge on any atom is 0.220 e. The zero-order valence-electron chi connectivity index (χ0n) is 12.8. The van der Waals surface area contributed by atoms with Crippen molar-refractivity contribution in [3.63, 3.8) is 0 Å². The van der Waals surface area contributed by atoms with E-state index in [2.05, 4.69) is 5.32 Å². The van der Waals surface area contributed by atoms with Crippen LogP contribution in [0.5, 0.6) is 0 Å². The lowest BCUT2D eigenvalue weighted by atomic mass is 10.0. The quantitative estimate of drug-likeness (QED) is 0.804. The van der Waals surface area contributed by atoms with Gasteiger partial charge >= 0.3 is 0 Å². The van der Waals surface area contributed by atoms with Gasteiger partial charge in [0.05, 0.1) is 6.10 Å². The summed E-state index contributed by atoms with van der Waals surface area (Å²) in [7, 11) is 1.62. The van der Waals surface area contributed by atoms with E-state index < -0.39 is 6.10 Å². The smallest absolute Gasteiger partial charge is 0.220 e. The van der Waals surface area contributed by atoms with Crippen molar-refractivity contribution in [2.24, 2.45) is 0 Å². The summed E-state index contributed by atoms with van der Waals surface area (Å²) in [5.41, 5.74) is 2.02. The van der Waals surface area contributed by atoms with Crippen LogP contribution in [0.4, 0.5) is 0 Å². The zero-order valence-corrected chi connectivity index (χ0v) is 13.6. The largest absolute Gasteiger partial charge is 0.387 e. The highest BCUT2D eigenvalue weighted by Crippen LogP contribution is 2.34. The fraction of sp³-hybridized carbons (Fsp3) is 0.278. The number of amides is 1. The molecule has 3 nitrogen and oxygen atoms in total. The van der Waals surface area contributed by atoms with Gasteiger partial charge in [0.15, 0.2) is 0 Å². The van der Waals surface area contributed by atoms with Crippen molar-refractivity contribution in [2.45, 2.75) is 29.6 Å². The first-order valence-electron chi connectivity index (χ1n) is 7.27. The zero-order chi connectivity index (χ0) is 15.9. The lowest BCUT2D eigenvalue weighted by Crippen LogP contribution is -2.26. The van der Waals surface area contributed by atoms with Gasteiger partial charge in [-0.3, -0.25) is 4.79 Å². The van der Waals surface area contributed by atoms with Crippen LogP contribution in [-0.4, -0.2) is 23.3 Å². The third kappa shape index (κ3) is 4.61. The molecule has 0 saturated heterocycles. The summed E-state index contributed by atoms with van der Waals surface area (Å²) < 4.78 is 0. The molecule has 0 aliphatic carbocycles. The molecule has 0 aromatic heterocycles. The molecule has 1 amide bonds. The summed E-state index contributed by atoms with van der Waals surface area (Å²) in [5.74, 6) is -0.0698. The minimum Gasteiger partial charge on any atom is -0.387 e. The van der Waals surface area contributed by atoms with Crippen molar-refractivity contribution in [1.82, 2.24) is 5.32 Å². The molecule has 0 fully saturated rings. The Bertz CT molecular complexity index is 598. The Morgan fingerprint density at radius 1 is 1.14 bits per heavy atom. The van der Waals surface area contributed by atoms with Crippen LogP contribution < -0.4 is 5.32 Å². The van der Waals surface area contributed by atoms with Crippen molar-refractivity contribution in [1.29, 1.82) is 0 Å². The number of nitrogens with one attached hydrogen (secondary N) is 1. The number of carbonyl (C=O) groups excluding carboxylic acids is 1. The van der Waals surface area contributed by atoms with Gasteiger partial charge in [0.25, 0.3) is 0 Å². The highest BCUT2D eigenvalue weighted by atomic mass is 32.2. The van der Waals surface area contributed by atoms with Gasteiger partial charge in [-0.1, -0.05) is 48.0 Å². The van der Waals surface area contributed by atoms with E-state index in [1.54, 1.807) is 7.05 Å². The molecule has 2 aromatic rings. The Labute approximate surface area is 135 Å². The van der Waals surface area contributed by atoms with Crippen molar-refractivity contribution < 1.29 is 9.90 Å². The molecule has 0 radical (unpaired) electrons. The van der Waals surface area contributed by atoms with E-state index in [-0.39, 0.29) is 17.6 Å². The van der Waals surface area contributed by atoms with Gasteiger partial charge < -0.3 is 10.4 Å². The minimum atomic E-state index is -0.690. The topological polar surface area (TPSA) is 49.3 Å². The average molecular weight is 315 g/mol. The molecule has 0 saturated carbocycles. The van der Waals surface area contributed by atoms with Crippen LogP contribution in [0.25, 0.3) is 0 Å². The number of aliphatic hydroxyl groups excluding tert-OH is 1. The molecule has 0 aliphatic rings. The fourth-order valence-corrected chi connectivity index (χ4v) is 3.32. The van der Waals surface area contributed by atoms with Gasteiger partial charge in [-0.05, 0) is 24.6 Å². The third-order valence-electron chi connectivity index (χ3n) is 3.47. The molecule has 0 spiro atoms. The first-order valence-corrected chi connectivity index (χ1v) is 8.15. The molecule has 2 aromatic carbocycles. The Morgan fingerprint density at radius 2 is 1.77 bits per heavy atom. The summed E-state index contributed by atoms with van der Waals surface area (Å²) in [5, 5.41) is 13.0. The van der Waals surface area contributed by atoms with E-state index in [9.17, 15) is 9.90 Å². The first-order chi connectivity index (χ1) is 10.6. The molecule has 2 atom stereocenters. The van der Waals surface area contributed by atoms with Crippen LogP contribution in [0, 0.1) is 6.92 Å². The summed E-state index contributed by atoms with van der Waals surface area (Å²) in [4.78, 5) is 12.8. The maximum absolute atomic E-state index is 11.8. The minimum absolute atomic E-state index is 0.0698.